The minimum absolute atomic E-state index is 0.0323. The van der Waals surface area contributed by atoms with Gasteiger partial charge in [-0.15, -0.1) is 0 Å². The van der Waals surface area contributed by atoms with Gasteiger partial charge in [0.15, 0.2) is 0 Å². The van der Waals surface area contributed by atoms with E-state index >= 15 is 0 Å². The molecule has 0 radical (unpaired) electrons. The van der Waals surface area contributed by atoms with Crippen LogP contribution in [0.4, 0.5) is 11.5 Å². The maximum atomic E-state index is 10.9. The van der Waals surface area contributed by atoms with Gasteiger partial charge in [-0.05, 0) is 30.9 Å². The molecule has 1 fully saturated rings. The van der Waals surface area contributed by atoms with Crippen molar-refractivity contribution in [3.63, 3.8) is 0 Å². The van der Waals surface area contributed by atoms with E-state index in [0.29, 0.717) is 12.4 Å². The Hall–Kier alpha value is -1.69. The minimum Gasteiger partial charge on any atom is -0.364 e. The van der Waals surface area contributed by atoms with Gasteiger partial charge >= 0.3 is 5.69 Å². The highest BCUT2D eigenvalue weighted by Crippen LogP contribution is 2.27. The molecule has 18 heavy (non-hydrogen) atoms. The van der Waals surface area contributed by atoms with Gasteiger partial charge in [-0.2, -0.15) is 0 Å². The van der Waals surface area contributed by atoms with Crippen LogP contribution in [0.1, 0.15) is 19.8 Å². The van der Waals surface area contributed by atoms with E-state index in [-0.39, 0.29) is 11.1 Å². The Balaban J connectivity index is 2.03. The van der Waals surface area contributed by atoms with E-state index in [0.717, 1.165) is 25.9 Å². The molecule has 6 heteroatoms. The van der Waals surface area contributed by atoms with Gasteiger partial charge in [-0.1, -0.05) is 6.92 Å². The average molecular weight is 250 g/mol. The lowest BCUT2D eigenvalue weighted by molar-refractivity contribution is -0.384. The Labute approximate surface area is 106 Å². The number of pyridine rings is 1. The topological polar surface area (TPSA) is 80.1 Å². The number of hydrogen-bond acceptors (Lipinski definition) is 5. The summed E-state index contributed by atoms with van der Waals surface area (Å²) >= 11 is 0. The zero-order valence-electron chi connectivity index (χ0n) is 10.5. The van der Waals surface area contributed by atoms with Gasteiger partial charge in [0, 0.05) is 25.4 Å². The second-order valence-electron chi connectivity index (χ2n) is 5.07. The molecule has 1 unspecified atom stereocenters. The Morgan fingerprint density at radius 2 is 2.50 bits per heavy atom. The summed E-state index contributed by atoms with van der Waals surface area (Å²) in [6.07, 6.45) is 3.83. The summed E-state index contributed by atoms with van der Waals surface area (Å²) < 4.78 is 0. The molecule has 1 aliphatic heterocycles. The van der Waals surface area contributed by atoms with Crippen molar-refractivity contribution in [2.45, 2.75) is 19.8 Å². The van der Waals surface area contributed by atoms with Crippen LogP contribution in [0.2, 0.25) is 0 Å². The molecule has 2 rings (SSSR count). The van der Waals surface area contributed by atoms with Crippen LogP contribution in [0.5, 0.6) is 0 Å². The summed E-state index contributed by atoms with van der Waals surface area (Å²) in [6, 6.07) is 3.05. The number of nitrogens with zero attached hydrogens (tertiary/aromatic N) is 2. The maximum absolute atomic E-state index is 10.9. The van der Waals surface area contributed by atoms with E-state index in [9.17, 15) is 10.1 Å². The zero-order chi connectivity index (χ0) is 13.0. The van der Waals surface area contributed by atoms with Crippen LogP contribution < -0.4 is 10.6 Å². The van der Waals surface area contributed by atoms with Crippen LogP contribution in [0.25, 0.3) is 0 Å². The molecule has 1 aromatic heterocycles. The number of nitro groups is 1. The Morgan fingerprint density at radius 1 is 1.67 bits per heavy atom. The molecule has 2 N–H and O–H groups in total. The van der Waals surface area contributed by atoms with E-state index in [2.05, 4.69) is 22.5 Å². The molecule has 1 atom stereocenters. The molecular weight excluding hydrogens is 232 g/mol. The fourth-order valence-corrected chi connectivity index (χ4v) is 2.25. The number of rotatable bonds is 4. The summed E-state index contributed by atoms with van der Waals surface area (Å²) in [6.45, 7) is 4.86. The standard InChI is InChI=1S/C12H18N4O2/c1-12(5-3-6-13-8-12)9-15-11-10(16(17)18)4-2-7-14-11/h2,4,7,13H,3,5-6,8-9H2,1H3,(H,14,15). The molecule has 2 heterocycles. The number of anilines is 1. The monoisotopic (exact) mass is 250 g/mol. The highest BCUT2D eigenvalue weighted by molar-refractivity contribution is 5.55. The van der Waals surface area contributed by atoms with Gasteiger partial charge in [0.05, 0.1) is 4.92 Å². The van der Waals surface area contributed by atoms with Gasteiger partial charge in [-0.3, -0.25) is 10.1 Å². The largest absolute Gasteiger partial charge is 0.364 e. The van der Waals surface area contributed by atoms with Gasteiger partial charge < -0.3 is 10.6 Å². The van der Waals surface area contributed by atoms with Gasteiger partial charge in [0.1, 0.15) is 0 Å². The van der Waals surface area contributed by atoms with Crippen molar-refractivity contribution in [2.75, 3.05) is 25.0 Å². The SMILES string of the molecule is CC1(CNc2ncccc2[N+](=O)[O-])CCCNC1. The van der Waals surface area contributed by atoms with Gasteiger partial charge in [0.2, 0.25) is 5.82 Å². The minimum atomic E-state index is -0.406. The summed E-state index contributed by atoms with van der Waals surface area (Å²) in [4.78, 5) is 14.5. The predicted molar refractivity (Wildman–Crippen MR) is 69.6 cm³/mol. The maximum Gasteiger partial charge on any atom is 0.311 e. The Bertz CT molecular complexity index is 430. The average Bonchev–Trinajstić information content (AvgIpc) is 2.38. The number of aromatic nitrogens is 1. The third-order valence-corrected chi connectivity index (χ3v) is 3.35. The van der Waals surface area contributed by atoms with Crippen LogP contribution in [0, 0.1) is 15.5 Å². The lowest BCUT2D eigenvalue weighted by Crippen LogP contribution is -2.42. The summed E-state index contributed by atoms with van der Waals surface area (Å²) in [5.41, 5.74) is 0.161. The van der Waals surface area contributed by atoms with Gasteiger partial charge in [0.25, 0.3) is 0 Å². The fourth-order valence-electron chi connectivity index (χ4n) is 2.25. The molecule has 1 saturated heterocycles. The van der Waals surface area contributed by atoms with E-state index in [1.165, 1.54) is 6.07 Å². The molecule has 1 aliphatic rings. The molecule has 0 aromatic carbocycles. The molecule has 0 spiro atoms. The summed E-state index contributed by atoms with van der Waals surface area (Å²) in [7, 11) is 0. The second-order valence-corrected chi connectivity index (χ2v) is 5.07. The van der Waals surface area contributed by atoms with Crippen molar-refractivity contribution in [2.24, 2.45) is 5.41 Å². The number of nitrogens with one attached hydrogen (secondary N) is 2. The highest BCUT2D eigenvalue weighted by Gasteiger charge is 2.27. The van der Waals surface area contributed by atoms with Crippen molar-refractivity contribution >= 4 is 11.5 Å². The van der Waals surface area contributed by atoms with Crippen molar-refractivity contribution in [3.8, 4) is 0 Å². The fraction of sp³-hybridized carbons (Fsp3) is 0.583. The molecule has 0 bridgehead atoms. The van der Waals surface area contributed by atoms with Crippen LogP contribution in [-0.4, -0.2) is 29.5 Å². The summed E-state index contributed by atoms with van der Waals surface area (Å²) in [5.74, 6) is 0.356. The van der Waals surface area contributed by atoms with E-state index < -0.39 is 4.92 Å². The third kappa shape index (κ3) is 2.95. The van der Waals surface area contributed by atoms with Gasteiger partial charge in [-0.25, -0.2) is 4.98 Å². The highest BCUT2D eigenvalue weighted by atomic mass is 16.6. The van der Waals surface area contributed by atoms with Crippen molar-refractivity contribution < 1.29 is 4.92 Å². The van der Waals surface area contributed by atoms with Crippen molar-refractivity contribution in [3.05, 3.63) is 28.4 Å². The van der Waals surface area contributed by atoms with Crippen LogP contribution >= 0.6 is 0 Å². The first kappa shape index (κ1) is 12.8. The first-order valence-electron chi connectivity index (χ1n) is 6.15. The molecule has 98 valence electrons. The molecule has 0 saturated carbocycles. The predicted octanol–water partition coefficient (Wildman–Crippen LogP) is 1.79. The number of hydrogen-bond donors (Lipinski definition) is 2. The third-order valence-electron chi connectivity index (χ3n) is 3.35. The second kappa shape index (κ2) is 5.30. The molecule has 0 amide bonds. The van der Waals surface area contributed by atoms with Crippen LogP contribution in [0.3, 0.4) is 0 Å². The quantitative estimate of drug-likeness (QED) is 0.629. The molecule has 6 nitrogen and oxygen atoms in total. The number of piperidine rings is 1. The Morgan fingerprint density at radius 3 is 3.17 bits per heavy atom. The van der Waals surface area contributed by atoms with Crippen molar-refractivity contribution in [1.29, 1.82) is 0 Å². The normalized spacial score (nSPS) is 23.6. The van der Waals surface area contributed by atoms with E-state index in [1.807, 2.05) is 0 Å². The zero-order valence-corrected chi connectivity index (χ0v) is 10.5. The molecule has 0 aliphatic carbocycles. The summed E-state index contributed by atoms with van der Waals surface area (Å²) in [5, 5.41) is 17.3. The molecular formula is C12H18N4O2. The van der Waals surface area contributed by atoms with Crippen LogP contribution in [-0.2, 0) is 0 Å². The first-order chi connectivity index (χ1) is 8.61. The van der Waals surface area contributed by atoms with E-state index in [1.54, 1.807) is 12.3 Å². The Kier molecular flexibility index (Phi) is 3.76. The molecule has 1 aromatic rings. The van der Waals surface area contributed by atoms with Crippen molar-refractivity contribution in [1.82, 2.24) is 10.3 Å². The first-order valence-corrected chi connectivity index (χ1v) is 6.15. The smallest absolute Gasteiger partial charge is 0.311 e. The lowest BCUT2D eigenvalue weighted by atomic mass is 9.83. The van der Waals surface area contributed by atoms with E-state index in [4.69, 9.17) is 0 Å². The van der Waals surface area contributed by atoms with Crippen LogP contribution in [0.15, 0.2) is 18.3 Å². The lowest BCUT2D eigenvalue weighted by Gasteiger charge is -2.34.